The number of rotatable bonds is 5. The van der Waals surface area contributed by atoms with Crippen LogP contribution in [0.4, 0.5) is 10.1 Å². The van der Waals surface area contributed by atoms with Crippen molar-refractivity contribution < 1.29 is 28.6 Å². The van der Waals surface area contributed by atoms with Crippen LogP contribution in [0.3, 0.4) is 0 Å². The van der Waals surface area contributed by atoms with Crippen molar-refractivity contribution in [1.82, 2.24) is 0 Å². The summed E-state index contributed by atoms with van der Waals surface area (Å²) in [6, 6.07) is 15.5. The van der Waals surface area contributed by atoms with Crippen molar-refractivity contribution in [2.45, 2.75) is 6.04 Å². The number of anilines is 1. The van der Waals surface area contributed by atoms with Crippen LogP contribution in [0.25, 0.3) is 5.76 Å². The number of aliphatic hydroxyl groups is 1. The Morgan fingerprint density at radius 1 is 1.00 bits per heavy atom. The molecule has 1 aliphatic heterocycles. The Hall–Kier alpha value is -3.84. The van der Waals surface area contributed by atoms with Crippen molar-refractivity contribution in [1.29, 1.82) is 0 Å². The van der Waals surface area contributed by atoms with Crippen LogP contribution in [0.15, 0.2) is 72.3 Å². The van der Waals surface area contributed by atoms with Crippen LogP contribution in [0, 0.1) is 5.82 Å². The molecular formula is C25H19ClFNO5. The van der Waals surface area contributed by atoms with Gasteiger partial charge in [-0.25, -0.2) is 4.39 Å². The lowest BCUT2D eigenvalue weighted by molar-refractivity contribution is -0.132. The van der Waals surface area contributed by atoms with E-state index in [1.54, 1.807) is 30.3 Å². The number of benzene rings is 3. The molecule has 0 saturated carbocycles. The number of methoxy groups -OCH3 is 2. The number of nitrogens with zero attached hydrogens (tertiary/aromatic N) is 1. The number of Topliss-reactive ketones (excluding diaryl/α,β-unsaturated/α-hetero) is 1. The van der Waals surface area contributed by atoms with E-state index in [4.69, 9.17) is 21.1 Å². The van der Waals surface area contributed by atoms with E-state index in [1.807, 2.05) is 0 Å². The summed E-state index contributed by atoms with van der Waals surface area (Å²) in [4.78, 5) is 27.5. The maximum atomic E-state index is 13.6. The van der Waals surface area contributed by atoms with Crippen LogP contribution in [-0.2, 0) is 9.59 Å². The molecule has 3 aromatic rings. The first-order valence-corrected chi connectivity index (χ1v) is 10.3. The zero-order valence-electron chi connectivity index (χ0n) is 17.7. The average molecular weight is 468 g/mol. The third-order valence-corrected chi connectivity index (χ3v) is 5.68. The molecule has 4 rings (SSSR count). The van der Waals surface area contributed by atoms with E-state index in [-0.39, 0.29) is 16.2 Å². The van der Waals surface area contributed by atoms with Gasteiger partial charge in [0.05, 0.1) is 30.9 Å². The van der Waals surface area contributed by atoms with Crippen LogP contribution < -0.4 is 14.4 Å². The molecule has 6 nitrogen and oxygen atoms in total. The minimum absolute atomic E-state index is 0.143. The maximum absolute atomic E-state index is 13.6. The van der Waals surface area contributed by atoms with Gasteiger partial charge in [0, 0.05) is 17.3 Å². The zero-order valence-corrected chi connectivity index (χ0v) is 18.5. The summed E-state index contributed by atoms with van der Waals surface area (Å²) in [5, 5.41) is 11.4. The first kappa shape index (κ1) is 22.4. The lowest BCUT2D eigenvalue weighted by Gasteiger charge is -2.25. The summed E-state index contributed by atoms with van der Waals surface area (Å²) < 4.78 is 24.0. The standard InChI is InChI=1S/C25H19ClFNO5/c1-32-18-5-3-4-17(13-18)28-22(14-6-9-16(27)10-7-14)21(24(30)25(28)31)23(29)15-8-11-20(33-2)19(26)12-15/h3-13,22,29H,1-2H3/b23-21+. The third kappa shape index (κ3) is 4.03. The number of amides is 1. The van der Waals surface area contributed by atoms with E-state index in [0.29, 0.717) is 22.7 Å². The minimum atomic E-state index is -1.00. The van der Waals surface area contributed by atoms with Crippen LogP contribution in [0.2, 0.25) is 5.02 Å². The predicted octanol–water partition coefficient (Wildman–Crippen LogP) is 5.12. The molecule has 1 heterocycles. The highest BCUT2D eigenvalue weighted by Crippen LogP contribution is 2.43. The van der Waals surface area contributed by atoms with E-state index in [0.717, 1.165) is 0 Å². The SMILES string of the molecule is COc1cccc(N2C(=O)C(=O)/C(=C(/O)c3ccc(OC)c(Cl)c3)C2c2ccc(F)cc2)c1. The molecule has 8 heteroatoms. The van der Waals surface area contributed by atoms with E-state index in [9.17, 15) is 19.1 Å². The summed E-state index contributed by atoms with van der Waals surface area (Å²) in [7, 11) is 2.94. The Morgan fingerprint density at radius 2 is 1.73 bits per heavy atom. The van der Waals surface area contributed by atoms with E-state index >= 15 is 0 Å². The second-order valence-corrected chi connectivity index (χ2v) is 7.68. The monoisotopic (exact) mass is 467 g/mol. The highest BCUT2D eigenvalue weighted by Gasteiger charge is 2.47. The van der Waals surface area contributed by atoms with Crippen molar-refractivity contribution >= 4 is 34.7 Å². The van der Waals surface area contributed by atoms with E-state index in [2.05, 4.69) is 0 Å². The number of hydrogen-bond acceptors (Lipinski definition) is 5. The Balaban J connectivity index is 1.93. The smallest absolute Gasteiger partial charge is 0.300 e. The topological polar surface area (TPSA) is 76.1 Å². The molecule has 0 radical (unpaired) electrons. The molecule has 3 aromatic carbocycles. The molecule has 1 atom stereocenters. The lowest BCUT2D eigenvalue weighted by Crippen LogP contribution is -2.29. The number of halogens is 2. The quantitative estimate of drug-likeness (QED) is 0.320. The summed E-state index contributed by atoms with van der Waals surface area (Å²) >= 11 is 6.20. The molecule has 0 spiro atoms. The molecule has 1 saturated heterocycles. The highest BCUT2D eigenvalue weighted by atomic mass is 35.5. The van der Waals surface area contributed by atoms with Gasteiger partial charge in [-0.1, -0.05) is 29.8 Å². The van der Waals surface area contributed by atoms with Crippen LogP contribution >= 0.6 is 11.6 Å². The van der Waals surface area contributed by atoms with E-state index < -0.39 is 29.3 Å². The van der Waals surface area contributed by atoms with Gasteiger partial charge in [-0.15, -0.1) is 0 Å². The summed E-state index contributed by atoms with van der Waals surface area (Å²) in [5.41, 5.74) is 0.921. The number of aliphatic hydroxyl groups excluding tert-OH is 1. The Kier molecular flexibility index (Phi) is 6.07. The number of ether oxygens (including phenoxy) is 2. The molecule has 1 unspecified atom stereocenters. The number of ketones is 1. The molecule has 0 aliphatic carbocycles. The van der Waals surface area contributed by atoms with Gasteiger partial charge in [0.25, 0.3) is 11.7 Å². The first-order valence-electron chi connectivity index (χ1n) is 9.90. The lowest BCUT2D eigenvalue weighted by atomic mass is 9.95. The Bertz CT molecular complexity index is 1270. The average Bonchev–Trinajstić information content (AvgIpc) is 3.09. The predicted molar refractivity (Wildman–Crippen MR) is 122 cm³/mol. The normalized spacial score (nSPS) is 17.3. The van der Waals surface area contributed by atoms with Crippen molar-refractivity contribution in [3.05, 3.63) is 94.3 Å². The molecule has 0 bridgehead atoms. The molecule has 0 aromatic heterocycles. The first-order chi connectivity index (χ1) is 15.8. The van der Waals surface area contributed by atoms with Crippen LogP contribution in [0.5, 0.6) is 11.5 Å². The summed E-state index contributed by atoms with van der Waals surface area (Å²) in [6.45, 7) is 0. The Morgan fingerprint density at radius 3 is 2.36 bits per heavy atom. The number of carbonyl (C=O) groups excluding carboxylic acids is 2. The summed E-state index contributed by atoms with van der Waals surface area (Å²) in [5.74, 6) is -1.72. The van der Waals surface area contributed by atoms with Crippen LogP contribution in [-0.4, -0.2) is 31.0 Å². The van der Waals surface area contributed by atoms with Gasteiger partial charge in [0.1, 0.15) is 23.1 Å². The number of carbonyl (C=O) groups is 2. The van der Waals surface area contributed by atoms with E-state index in [1.165, 1.54) is 55.5 Å². The molecule has 1 amide bonds. The fourth-order valence-electron chi connectivity index (χ4n) is 3.79. The second kappa shape index (κ2) is 8.96. The molecule has 1 fully saturated rings. The minimum Gasteiger partial charge on any atom is -0.507 e. The van der Waals surface area contributed by atoms with Gasteiger partial charge in [0.2, 0.25) is 0 Å². The fourth-order valence-corrected chi connectivity index (χ4v) is 4.05. The highest BCUT2D eigenvalue weighted by molar-refractivity contribution is 6.51. The number of hydrogen-bond donors (Lipinski definition) is 1. The van der Waals surface area contributed by atoms with Crippen molar-refractivity contribution in [2.24, 2.45) is 0 Å². The molecule has 168 valence electrons. The summed E-state index contributed by atoms with van der Waals surface area (Å²) in [6.07, 6.45) is 0. The maximum Gasteiger partial charge on any atom is 0.300 e. The zero-order chi connectivity index (χ0) is 23.7. The van der Waals surface area contributed by atoms with Gasteiger partial charge in [-0.05, 0) is 48.0 Å². The molecule has 33 heavy (non-hydrogen) atoms. The Labute approximate surface area is 194 Å². The van der Waals surface area contributed by atoms with Gasteiger partial charge >= 0.3 is 0 Å². The second-order valence-electron chi connectivity index (χ2n) is 7.27. The van der Waals surface area contributed by atoms with Crippen molar-refractivity contribution in [2.75, 3.05) is 19.1 Å². The van der Waals surface area contributed by atoms with Crippen molar-refractivity contribution in [3.63, 3.8) is 0 Å². The van der Waals surface area contributed by atoms with Gasteiger partial charge in [-0.2, -0.15) is 0 Å². The molecule has 1 N–H and O–H groups in total. The van der Waals surface area contributed by atoms with Gasteiger partial charge < -0.3 is 14.6 Å². The van der Waals surface area contributed by atoms with Gasteiger partial charge in [-0.3, -0.25) is 14.5 Å². The molecular weight excluding hydrogens is 449 g/mol. The van der Waals surface area contributed by atoms with Crippen LogP contribution in [0.1, 0.15) is 17.2 Å². The third-order valence-electron chi connectivity index (χ3n) is 5.39. The molecule has 1 aliphatic rings. The fraction of sp³-hybridized carbons (Fsp3) is 0.120. The van der Waals surface area contributed by atoms with Crippen molar-refractivity contribution in [3.8, 4) is 11.5 Å². The largest absolute Gasteiger partial charge is 0.507 e. The van der Waals surface area contributed by atoms with Gasteiger partial charge in [0.15, 0.2) is 0 Å².